The minimum Gasteiger partial charge on any atom is -0.0622 e. The van der Waals surface area contributed by atoms with Gasteiger partial charge in [0.05, 0.1) is 0 Å². The first-order chi connectivity index (χ1) is 15.4. The van der Waals surface area contributed by atoms with Crippen molar-refractivity contribution in [2.75, 3.05) is 0 Å². The molecule has 0 saturated heterocycles. The maximum Gasteiger partial charge on any atom is -0.000705 e. The average Bonchev–Trinajstić information content (AvgIpc) is 3.28. The molecule has 0 spiro atoms. The highest BCUT2D eigenvalue weighted by Crippen LogP contribution is 2.47. The molecular weight excluding hydrogens is 372 g/mol. The first kappa shape index (κ1) is 17.9. The van der Waals surface area contributed by atoms with Crippen molar-refractivity contribution in [3.05, 3.63) is 132 Å². The van der Waals surface area contributed by atoms with E-state index in [-0.39, 0.29) is 0 Å². The van der Waals surface area contributed by atoms with Crippen LogP contribution in [0.3, 0.4) is 0 Å². The second kappa shape index (κ2) is 7.41. The third-order valence-electron chi connectivity index (χ3n) is 6.32. The molecule has 1 aliphatic rings. The van der Waals surface area contributed by atoms with Crippen LogP contribution in [0.25, 0.3) is 44.7 Å². The standard InChI is InChI=1S/C31H22/c1-4-12-22(13-5-1)25-20-28-29(21-25)31(24-16-8-3-9-17-24)27-19-11-10-18-26(27)30(28)23-14-6-2-7-15-23/h1-20H,21H2. The van der Waals surface area contributed by atoms with Crippen LogP contribution >= 0.6 is 0 Å². The first-order valence-corrected chi connectivity index (χ1v) is 10.8. The molecule has 1 aliphatic carbocycles. The third kappa shape index (κ3) is 3.00. The minimum absolute atomic E-state index is 0.953. The highest BCUT2D eigenvalue weighted by Gasteiger charge is 2.25. The van der Waals surface area contributed by atoms with Crippen molar-refractivity contribution >= 4 is 22.4 Å². The van der Waals surface area contributed by atoms with Gasteiger partial charge in [-0.25, -0.2) is 0 Å². The summed E-state index contributed by atoms with van der Waals surface area (Å²) in [7, 11) is 0. The van der Waals surface area contributed by atoms with Crippen LogP contribution in [0.2, 0.25) is 0 Å². The van der Waals surface area contributed by atoms with Crippen LogP contribution in [0.1, 0.15) is 16.7 Å². The van der Waals surface area contributed by atoms with Gasteiger partial charge in [0.2, 0.25) is 0 Å². The van der Waals surface area contributed by atoms with E-state index in [1.807, 2.05) is 0 Å². The van der Waals surface area contributed by atoms with Gasteiger partial charge in [0.15, 0.2) is 0 Å². The molecule has 0 N–H and O–H groups in total. The summed E-state index contributed by atoms with van der Waals surface area (Å²) in [6.07, 6.45) is 3.38. The number of fused-ring (bicyclic) bond motifs is 2. The van der Waals surface area contributed by atoms with Crippen LogP contribution in [-0.4, -0.2) is 0 Å². The number of benzene rings is 5. The largest absolute Gasteiger partial charge is 0.0622 e. The van der Waals surface area contributed by atoms with E-state index < -0.39 is 0 Å². The van der Waals surface area contributed by atoms with Crippen molar-refractivity contribution < 1.29 is 0 Å². The Morgan fingerprint density at radius 2 is 0.871 bits per heavy atom. The van der Waals surface area contributed by atoms with Crippen molar-refractivity contribution in [2.45, 2.75) is 6.42 Å². The van der Waals surface area contributed by atoms with Gasteiger partial charge in [-0.05, 0) is 67.8 Å². The zero-order valence-electron chi connectivity index (χ0n) is 17.3. The van der Waals surface area contributed by atoms with E-state index in [9.17, 15) is 0 Å². The van der Waals surface area contributed by atoms with Crippen LogP contribution < -0.4 is 0 Å². The lowest BCUT2D eigenvalue weighted by Gasteiger charge is -2.19. The first-order valence-electron chi connectivity index (χ1n) is 10.8. The van der Waals surface area contributed by atoms with Gasteiger partial charge in [0.1, 0.15) is 0 Å². The summed E-state index contributed by atoms with van der Waals surface area (Å²) in [5.41, 5.74) is 10.8. The van der Waals surface area contributed by atoms with Crippen molar-refractivity contribution in [1.82, 2.24) is 0 Å². The Labute approximate surface area is 183 Å². The van der Waals surface area contributed by atoms with Crippen LogP contribution in [-0.2, 0) is 6.42 Å². The summed E-state index contributed by atoms with van der Waals surface area (Å²) >= 11 is 0. The Kier molecular flexibility index (Phi) is 4.28. The molecule has 0 heteroatoms. The van der Waals surface area contributed by atoms with Crippen molar-refractivity contribution in [3.8, 4) is 22.3 Å². The second-order valence-electron chi connectivity index (χ2n) is 8.13. The van der Waals surface area contributed by atoms with Gasteiger partial charge in [-0.1, -0.05) is 115 Å². The molecule has 0 heterocycles. The maximum atomic E-state index is 2.42. The Bertz CT molecular complexity index is 1410. The summed E-state index contributed by atoms with van der Waals surface area (Å²) in [5, 5.41) is 2.64. The molecule has 0 nitrogen and oxygen atoms in total. The lowest BCUT2D eigenvalue weighted by Crippen LogP contribution is -1.96. The molecule has 0 radical (unpaired) electrons. The van der Waals surface area contributed by atoms with Crippen LogP contribution in [0, 0.1) is 0 Å². The molecule has 0 amide bonds. The fraction of sp³-hybridized carbons (Fsp3) is 0.0323. The van der Waals surface area contributed by atoms with E-state index in [2.05, 4.69) is 121 Å². The molecule has 0 unspecified atom stereocenters. The summed E-state index contributed by atoms with van der Waals surface area (Å²) in [4.78, 5) is 0. The summed E-state index contributed by atoms with van der Waals surface area (Å²) in [6.45, 7) is 0. The van der Waals surface area contributed by atoms with E-state index in [1.165, 1.54) is 55.3 Å². The molecule has 5 aromatic rings. The normalized spacial score (nSPS) is 12.6. The molecule has 6 rings (SSSR count). The molecular formula is C31H22. The zero-order valence-corrected chi connectivity index (χ0v) is 17.3. The molecule has 0 aliphatic heterocycles. The molecule has 0 fully saturated rings. The lowest BCUT2D eigenvalue weighted by molar-refractivity contribution is 1.33. The summed E-state index contributed by atoms with van der Waals surface area (Å²) in [6, 6.07) is 41.4. The number of rotatable bonds is 3. The second-order valence-corrected chi connectivity index (χ2v) is 8.13. The van der Waals surface area contributed by atoms with Gasteiger partial charge in [-0.2, -0.15) is 0 Å². The van der Waals surface area contributed by atoms with Crippen LogP contribution in [0.4, 0.5) is 0 Å². The third-order valence-corrected chi connectivity index (χ3v) is 6.32. The lowest BCUT2D eigenvalue weighted by atomic mass is 9.84. The van der Waals surface area contributed by atoms with E-state index in [0.29, 0.717) is 0 Å². The van der Waals surface area contributed by atoms with Gasteiger partial charge >= 0.3 is 0 Å². The molecule has 31 heavy (non-hydrogen) atoms. The zero-order chi connectivity index (χ0) is 20.6. The highest BCUT2D eigenvalue weighted by atomic mass is 14.3. The van der Waals surface area contributed by atoms with Gasteiger partial charge in [0, 0.05) is 0 Å². The summed E-state index contributed by atoms with van der Waals surface area (Å²) < 4.78 is 0. The molecule has 5 aromatic carbocycles. The van der Waals surface area contributed by atoms with Gasteiger partial charge in [0.25, 0.3) is 0 Å². The molecule has 0 bridgehead atoms. The molecule has 146 valence electrons. The number of hydrogen-bond donors (Lipinski definition) is 0. The summed E-state index contributed by atoms with van der Waals surface area (Å²) in [5.74, 6) is 0. The monoisotopic (exact) mass is 394 g/mol. The number of hydrogen-bond acceptors (Lipinski definition) is 0. The van der Waals surface area contributed by atoms with Crippen molar-refractivity contribution in [1.29, 1.82) is 0 Å². The Hall–Kier alpha value is -3.90. The molecule has 0 saturated carbocycles. The highest BCUT2D eigenvalue weighted by molar-refractivity contribution is 6.13. The quantitative estimate of drug-likeness (QED) is 0.289. The predicted molar refractivity (Wildman–Crippen MR) is 133 cm³/mol. The Morgan fingerprint density at radius 1 is 0.419 bits per heavy atom. The van der Waals surface area contributed by atoms with E-state index >= 15 is 0 Å². The van der Waals surface area contributed by atoms with Crippen molar-refractivity contribution in [3.63, 3.8) is 0 Å². The molecule has 0 atom stereocenters. The predicted octanol–water partition coefficient (Wildman–Crippen LogP) is 8.27. The average molecular weight is 395 g/mol. The Morgan fingerprint density at radius 3 is 1.45 bits per heavy atom. The fourth-order valence-corrected chi connectivity index (χ4v) is 4.96. The Balaban J connectivity index is 1.72. The van der Waals surface area contributed by atoms with Gasteiger partial charge < -0.3 is 0 Å². The topological polar surface area (TPSA) is 0 Å². The SMILES string of the molecule is C1=C(c2ccccc2)Cc2c1c(-c1ccccc1)c1ccccc1c2-c1ccccc1. The molecule has 0 aromatic heterocycles. The number of allylic oxidation sites excluding steroid dienone is 1. The van der Waals surface area contributed by atoms with E-state index in [0.717, 1.165) is 6.42 Å². The van der Waals surface area contributed by atoms with Gasteiger partial charge in [-0.15, -0.1) is 0 Å². The van der Waals surface area contributed by atoms with E-state index in [4.69, 9.17) is 0 Å². The fourth-order valence-electron chi connectivity index (χ4n) is 4.96. The maximum absolute atomic E-state index is 2.42. The smallest absolute Gasteiger partial charge is 0.000705 e. The van der Waals surface area contributed by atoms with Crippen molar-refractivity contribution in [2.24, 2.45) is 0 Å². The van der Waals surface area contributed by atoms with E-state index in [1.54, 1.807) is 0 Å². The van der Waals surface area contributed by atoms with Crippen LogP contribution in [0.5, 0.6) is 0 Å². The van der Waals surface area contributed by atoms with Crippen LogP contribution in [0.15, 0.2) is 115 Å². The minimum atomic E-state index is 0.953. The van der Waals surface area contributed by atoms with Gasteiger partial charge in [-0.3, -0.25) is 0 Å².